The molecule has 2 aromatic rings. The number of aromatic carboxylic acids is 1. The maximum Gasteiger partial charge on any atom is 0.355 e. The van der Waals surface area contributed by atoms with E-state index < -0.39 is 11.8 Å². The molecule has 0 spiro atoms. The maximum atomic E-state index is 13.5. The highest BCUT2D eigenvalue weighted by atomic mass is 35.5. The van der Waals surface area contributed by atoms with Crippen molar-refractivity contribution in [1.82, 2.24) is 4.98 Å². The molecule has 1 aromatic carbocycles. The fraction of sp³-hybridized carbons (Fsp3) is 0. The minimum atomic E-state index is -1.14. The molecule has 6 heteroatoms. The van der Waals surface area contributed by atoms with Crippen molar-refractivity contribution in [1.29, 1.82) is 0 Å². The van der Waals surface area contributed by atoms with Crippen LogP contribution in [-0.4, -0.2) is 16.1 Å². The van der Waals surface area contributed by atoms with E-state index in [9.17, 15) is 9.18 Å². The Morgan fingerprint density at radius 3 is 2.81 bits per heavy atom. The number of carboxylic acids is 1. The smallest absolute Gasteiger partial charge is 0.355 e. The molecule has 2 rings (SSSR count). The largest absolute Gasteiger partial charge is 0.476 e. The third-order valence-electron chi connectivity index (χ3n) is 1.90. The molecule has 0 amide bonds. The number of aromatic nitrogens is 1. The van der Waals surface area contributed by atoms with Crippen LogP contribution in [0.1, 0.15) is 10.5 Å². The highest BCUT2D eigenvalue weighted by Crippen LogP contribution is 2.32. The van der Waals surface area contributed by atoms with E-state index in [0.717, 1.165) is 11.3 Å². The topological polar surface area (TPSA) is 50.2 Å². The molecule has 16 heavy (non-hydrogen) atoms. The van der Waals surface area contributed by atoms with Crippen LogP contribution in [0.25, 0.3) is 10.6 Å². The molecule has 1 heterocycles. The molecule has 3 nitrogen and oxygen atoms in total. The van der Waals surface area contributed by atoms with Crippen LogP contribution in [0.4, 0.5) is 4.39 Å². The lowest BCUT2D eigenvalue weighted by Gasteiger charge is -2.00. The first-order valence-corrected chi connectivity index (χ1v) is 5.48. The molecule has 0 saturated heterocycles. The first-order valence-electron chi connectivity index (χ1n) is 4.23. The standard InChI is InChI=1S/C10H5ClFNO2S/c11-5-2-1-3-6(12)8(5)9-13-7(4-16-9)10(14)15/h1-4H,(H,14,15). The summed E-state index contributed by atoms with van der Waals surface area (Å²) in [5, 5.41) is 10.5. The van der Waals surface area contributed by atoms with Crippen LogP contribution in [-0.2, 0) is 0 Å². The Kier molecular flexibility index (Phi) is 2.89. The average molecular weight is 258 g/mol. The first kappa shape index (κ1) is 11.0. The summed E-state index contributed by atoms with van der Waals surface area (Å²) in [6, 6.07) is 4.26. The number of hydrogen-bond donors (Lipinski definition) is 1. The Morgan fingerprint density at radius 1 is 1.50 bits per heavy atom. The van der Waals surface area contributed by atoms with Crippen LogP contribution in [0.5, 0.6) is 0 Å². The Labute approximate surface area is 99.1 Å². The Bertz CT molecular complexity index is 535. The van der Waals surface area contributed by atoms with Gasteiger partial charge in [-0.1, -0.05) is 17.7 Å². The third-order valence-corrected chi connectivity index (χ3v) is 3.07. The van der Waals surface area contributed by atoms with Gasteiger partial charge in [-0.3, -0.25) is 0 Å². The lowest BCUT2D eigenvalue weighted by molar-refractivity contribution is 0.0691. The highest BCUT2D eigenvalue weighted by Gasteiger charge is 2.15. The number of nitrogens with zero attached hydrogens (tertiary/aromatic N) is 1. The predicted molar refractivity (Wildman–Crippen MR) is 59.5 cm³/mol. The van der Waals surface area contributed by atoms with Gasteiger partial charge in [0.15, 0.2) is 5.69 Å². The van der Waals surface area contributed by atoms with E-state index in [4.69, 9.17) is 16.7 Å². The zero-order valence-corrected chi connectivity index (χ0v) is 9.35. The lowest BCUT2D eigenvalue weighted by Crippen LogP contribution is -1.96. The van der Waals surface area contributed by atoms with Gasteiger partial charge in [-0.15, -0.1) is 11.3 Å². The van der Waals surface area contributed by atoms with E-state index in [-0.39, 0.29) is 21.3 Å². The lowest BCUT2D eigenvalue weighted by atomic mass is 10.2. The van der Waals surface area contributed by atoms with Crippen LogP contribution >= 0.6 is 22.9 Å². The van der Waals surface area contributed by atoms with E-state index in [1.165, 1.54) is 23.6 Å². The quantitative estimate of drug-likeness (QED) is 0.898. The monoisotopic (exact) mass is 257 g/mol. The molecule has 1 aromatic heterocycles. The summed E-state index contributed by atoms with van der Waals surface area (Å²) in [4.78, 5) is 14.4. The second kappa shape index (κ2) is 4.19. The number of hydrogen-bond acceptors (Lipinski definition) is 3. The SMILES string of the molecule is O=C(O)c1csc(-c2c(F)cccc2Cl)n1. The van der Waals surface area contributed by atoms with Crippen molar-refractivity contribution >= 4 is 28.9 Å². The predicted octanol–water partition coefficient (Wildman–Crippen LogP) is 3.30. The maximum absolute atomic E-state index is 13.5. The Balaban J connectivity index is 2.54. The minimum absolute atomic E-state index is 0.112. The van der Waals surface area contributed by atoms with Gasteiger partial charge in [0.05, 0.1) is 10.6 Å². The number of carboxylic acid groups (broad SMARTS) is 1. The Hall–Kier alpha value is -1.46. The molecule has 0 fully saturated rings. The van der Waals surface area contributed by atoms with Gasteiger partial charge in [0.2, 0.25) is 0 Å². The van der Waals surface area contributed by atoms with Crippen LogP contribution in [0, 0.1) is 5.82 Å². The molecule has 0 saturated carbocycles. The van der Waals surface area contributed by atoms with Crippen molar-refractivity contribution in [3.63, 3.8) is 0 Å². The normalized spacial score (nSPS) is 10.4. The second-order valence-corrected chi connectivity index (χ2v) is 4.21. The summed E-state index contributed by atoms with van der Waals surface area (Å²) >= 11 is 6.88. The summed E-state index contributed by atoms with van der Waals surface area (Å²) in [6.07, 6.45) is 0. The summed E-state index contributed by atoms with van der Waals surface area (Å²) in [5.74, 6) is -1.66. The number of carbonyl (C=O) groups is 1. The molecule has 0 atom stereocenters. The summed E-state index contributed by atoms with van der Waals surface area (Å²) in [5.41, 5.74) is 0.0287. The first-order chi connectivity index (χ1) is 7.59. The van der Waals surface area contributed by atoms with Crippen LogP contribution in [0.15, 0.2) is 23.6 Å². The van der Waals surface area contributed by atoms with Crippen LogP contribution in [0.2, 0.25) is 5.02 Å². The van der Waals surface area contributed by atoms with Crippen molar-refractivity contribution in [3.8, 4) is 10.6 Å². The molecule has 82 valence electrons. The van der Waals surface area contributed by atoms with Crippen molar-refractivity contribution in [2.75, 3.05) is 0 Å². The summed E-state index contributed by atoms with van der Waals surface area (Å²) in [6.45, 7) is 0. The third kappa shape index (κ3) is 1.91. The molecule has 0 aliphatic rings. The second-order valence-electron chi connectivity index (χ2n) is 2.94. The van der Waals surface area contributed by atoms with Gasteiger partial charge in [-0.25, -0.2) is 14.2 Å². The van der Waals surface area contributed by atoms with E-state index >= 15 is 0 Å². The molecule has 0 aliphatic carbocycles. The van der Waals surface area contributed by atoms with E-state index in [1.54, 1.807) is 0 Å². The molecule has 0 radical (unpaired) electrons. The van der Waals surface area contributed by atoms with Gasteiger partial charge in [0, 0.05) is 5.38 Å². The van der Waals surface area contributed by atoms with E-state index in [2.05, 4.69) is 4.98 Å². The van der Waals surface area contributed by atoms with Crippen molar-refractivity contribution in [2.24, 2.45) is 0 Å². The molecule has 1 N–H and O–H groups in total. The Morgan fingerprint density at radius 2 is 2.25 bits per heavy atom. The van der Waals surface area contributed by atoms with Gasteiger partial charge >= 0.3 is 5.97 Å². The molecular weight excluding hydrogens is 253 g/mol. The summed E-state index contributed by atoms with van der Waals surface area (Å²) in [7, 11) is 0. The molecular formula is C10H5ClFNO2S. The zero-order valence-electron chi connectivity index (χ0n) is 7.78. The number of rotatable bonds is 2. The van der Waals surface area contributed by atoms with Gasteiger partial charge in [0.1, 0.15) is 10.8 Å². The fourth-order valence-electron chi connectivity index (χ4n) is 1.19. The molecule has 0 unspecified atom stereocenters. The number of halogens is 2. The zero-order chi connectivity index (χ0) is 11.7. The van der Waals surface area contributed by atoms with Gasteiger partial charge in [-0.05, 0) is 12.1 Å². The number of thiazole rings is 1. The summed E-state index contributed by atoms with van der Waals surface area (Å²) < 4.78 is 13.5. The highest BCUT2D eigenvalue weighted by molar-refractivity contribution is 7.13. The van der Waals surface area contributed by atoms with Crippen molar-refractivity contribution in [2.45, 2.75) is 0 Å². The minimum Gasteiger partial charge on any atom is -0.476 e. The van der Waals surface area contributed by atoms with Crippen LogP contribution < -0.4 is 0 Å². The van der Waals surface area contributed by atoms with Gasteiger partial charge in [0.25, 0.3) is 0 Å². The van der Waals surface area contributed by atoms with E-state index in [0.29, 0.717) is 0 Å². The van der Waals surface area contributed by atoms with Crippen LogP contribution in [0.3, 0.4) is 0 Å². The van der Waals surface area contributed by atoms with Gasteiger partial charge < -0.3 is 5.11 Å². The van der Waals surface area contributed by atoms with Crippen molar-refractivity contribution in [3.05, 3.63) is 40.1 Å². The molecule has 0 aliphatic heterocycles. The number of benzene rings is 1. The fourth-order valence-corrected chi connectivity index (χ4v) is 2.35. The van der Waals surface area contributed by atoms with Gasteiger partial charge in [-0.2, -0.15) is 0 Å². The molecule has 0 bridgehead atoms. The van der Waals surface area contributed by atoms with Crippen molar-refractivity contribution < 1.29 is 14.3 Å². The van der Waals surface area contributed by atoms with E-state index in [1.807, 2.05) is 0 Å². The average Bonchev–Trinajstić information content (AvgIpc) is 2.66.